The highest BCUT2D eigenvalue weighted by molar-refractivity contribution is 8.26. The Labute approximate surface area is 239 Å². The van der Waals surface area contributed by atoms with Gasteiger partial charge in [0.25, 0.3) is 5.91 Å². The van der Waals surface area contributed by atoms with Crippen LogP contribution in [0.5, 0.6) is 5.75 Å². The lowest BCUT2D eigenvalue weighted by Gasteiger charge is -2.14. The molecule has 1 fully saturated rings. The summed E-state index contributed by atoms with van der Waals surface area (Å²) >= 11 is 6.95. The molecule has 0 radical (unpaired) electrons. The summed E-state index contributed by atoms with van der Waals surface area (Å²) in [6.45, 7) is 5.47. The maximum Gasteiger partial charge on any atom is 0.266 e. The summed E-state index contributed by atoms with van der Waals surface area (Å²) in [5, 5.41) is 4.94. The number of aromatic nitrogens is 2. The van der Waals surface area contributed by atoms with Crippen molar-refractivity contribution in [3.05, 3.63) is 107 Å². The first-order valence-corrected chi connectivity index (χ1v) is 14.4. The van der Waals surface area contributed by atoms with Crippen LogP contribution < -0.4 is 4.74 Å². The maximum absolute atomic E-state index is 13.4. The molecule has 0 saturated carbocycles. The van der Waals surface area contributed by atoms with Gasteiger partial charge in [0.1, 0.15) is 15.8 Å². The van der Waals surface area contributed by atoms with Gasteiger partial charge in [-0.15, -0.1) is 0 Å². The molecule has 0 aliphatic carbocycles. The number of nitrogens with zero attached hydrogens (tertiary/aromatic N) is 3. The van der Waals surface area contributed by atoms with Crippen LogP contribution in [0.25, 0.3) is 23.0 Å². The van der Waals surface area contributed by atoms with Crippen molar-refractivity contribution in [1.82, 2.24) is 14.7 Å². The van der Waals surface area contributed by atoms with E-state index in [2.05, 4.69) is 32.0 Å². The van der Waals surface area contributed by atoms with Crippen LogP contribution in [0.4, 0.5) is 0 Å². The molecule has 1 amide bonds. The van der Waals surface area contributed by atoms with Crippen LogP contribution in [0.3, 0.4) is 0 Å². The molecule has 0 atom stereocenters. The van der Waals surface area contributed by atoms with Gasteiger partial charge in [-0.25, -0.2) is 4.68 Å². The number of carbonyl (C=O) groups excluding carboxylic acids is 1. The summed E-state index contributed by atoms with van der Waals surface area (Å²) in [5.41, 5.74) is 5.81. The standard InChI is InChI=1S/C32H31N3O2S2/c1-3-4-19-37-28-16-15-25(20-23(28)2)30-26(22-35(33-30)27-13-9-6-10-14-27)21-29-31(36)34(32(38)39-29)18-17-24-11-7-5-8-12-24/h5-16,20-22H,3-4,17-19H2,1-2H3/b29-21-. The number of rotatable bonds is 10. The SMILES string of the molecule is CCCCOc1ccc(-c2nn(-c3ccccc3)cc2/C=C2\SC(=S)N(CCc3ccccc3)C2=O)cc1C. The van der Waals surface area contributed by atoms with E-state index in [1.54, 1.807) is 4.90 Å². The Morgan fingerprint density at radius 3 is 2.49 bits per heavy atom. The zero-order valence-electron chi connectivity index (χ0n) is 22.2. The van der Waals surface area contributed by atoms with Gasteiger partial charge in [-0.05, 0) is 67.3 Å². The summed E-state index contributed by atoms with van der Waals surface area (Å²) in [6.07, 6.45) is 6.77. The second-order valence-electron chi connectivity index (χ2n) is 9.46. The van der Waals surface area contributed by atoms with Crippen molar-refractivity contribution in [1.29, 1.82) is 0 Å². The maximum atomic E-state index is 13.4. The summed E-state index contributed by atoms with van der Waals surface area (Å²) in [5.74, 6) is 0.825. The van der Waals surface area contributed by atoms with Crippen molar-refractivity contribution >= 4 is 40.3 Å². The molecular formula is C32H31N3O2S2. The van der Waals surface area contributed by atoms with Gasteiger partial charge in [0.05, 0.1) is 17.2 Å². The Morgan fingerprint density at radius 2 is 1.77 bits per heavy atom. The quantitative estimate of drug-likeness (QED) is 0.116. The highest BCUT2D eigenvalue weighted by atomic mass is 32.2. The van der Waals surface area contributed by atoms with Crippen LogP contribution in [-0.4, -0.2) is 38.1 Å². The van der Waals surface area contributed by atoms with Gasteiger partial charge in [0.15, 0.2) is 0 Å². The number of unbranched alkanes of at least 4 members (excludes halogenated alkanes) is 1. The number of thioether (sulfide) groups is 1. The number of para-hydroxylation sites is 1. The van der Waals surface area contributed by atoms with Crippen LogP contribution in [0.1, 0.15) is 36.5 Å². The van der Waals surface area contributed by atoms with E-state index in [1.165, 1.54) is 17.3 Å². The minimum atomic E-state index is -0.0600. The highest BCUT2D eigenvalue weighted by Gasteiger charge is 2.32. The second kappa shape index (κ2) is 12.5. The predicted octanol–water partition coefficient (Wildman–Crippen LogP) is 7.47. The number of benzene rings is 3. The fraction of sp³-hybridized carbons (Fsp3) is 0.219. The first-order valence-electron chi connectivity index (χ1n) is 13.2. The number of thiocarbonyl (C=S) groups is 1. The van der Waals surface area contributed by atoms with Crippen molar-refractivity contribution in [3.8, 4) is 22.7 Å². The number of hydrogen-bond donors (Lipinski definition) is 0. The third kappa shape index (κ3) is 6.32. The van der Waals surface area contributed by atoms with Crippen molar-refractivity contribution in [2.24, 2.45) is 0 Å². The minimum absolute atomic E-state index is 0.0600. The Balaban J connectivity index is 1.45. The van der Waals surface area contributed by atoms with Crippen LogP contribution in [0.2, 0.25) is 0 Å². The van der Waals surface area contributed by atoms with Crippen LogP contribution in [0, 0.1) is 6.92 Å². The van der Waals surface area contributed by atoms with Gasteiger partial charge < -0.3 is 4.74 Å². The van der Waals surface area contributed by atoms with Crippen LogP contribution >= 0.6 is 24.0 Å². The largest absolute Gasteiger partial charge is 0.493 e. The van der Waals surface area contributed by atoms with Crippen molar-refractivity contribution in [2.75, 3.05) is 13.2 Å². The van der Waals surface area contributed by atoms with E-state index in [1.807, 2.05) is 77.6 Å². The Hall–Kier alpha value is -3.68. The molecular weight excluding hydrogens is 523 g/mol. The molecule has 4 aromatic rings. The van der Waals surface area contributed by atoms with E-state index in [0.29, 0.717) is 22.4 Å². The number of carbonyl (C=O) groups is 1. The molecule has 39 heavy (non-hydrogen) atoms. The number of amides is 1. The molecule has 0 spiro atoms. The molecule has 198 valence electrons. The van der Waals surface area contributed by atoms with E-state index in [9.17, 15) is 4.79 Å². The molecule has 0 unspecified atom stereocenters. The van der Waals surface area contributed by atoms with E-state index >= 15 is 0 Å². The smallest absolute Gasteiger partial charge is 0.266 e. The van der Waals surface area contributed by atoms with Crippen LogP contribution in [0.15, 0.2) is 90.0 Å². The molecule has 1 aromatic heterocycles. The molecule has 2 heterocycles. The fourth-order valence-electron chi connectivity index (χ4n) is 4.43. The average molecular weight is 554 g/mol. The van der Waals surface area contributed by atoms with Gasteiger partial charge in [0, 0.05) is 23.9 Å². The van der Waals surface area contributed by atoms with Gasteiger partial charge in [-0.3, -0.25) is 9.69 Å². The van der Waals surface area contributed by atoms with Gasteiger partial charge >= 0.3 is 0 Å². The predicted molar refractivity (Wildman–Crippen MR) is 164 cm³/mol. The topological polar surface area (TPSA) is 47.4 Å². The van der Waals surface area contributed by atoms with Crippen molar-refractivity contribution < 1.29 is 9.53 Å². The normalized spacial score (nSPS) is 14.4. The van der Waals surface area contributed by atoms with E-state index in [4.69, 9.17) is 22.1 Å². The Kier molecular flexibility index (Phi) is 8.59. The Morgan fingerprint density at radius 1 is 1.03 bits per heavy atom. The number of ether oxygens (including phenoxy) is 1. The molecule has 1 saturated heterocycles. The lowest BCUT2D eigenvalue weighted by Crippen LogP contribution is -2.30. The molecule has 0 N–H and O–H groups in total. The van der Waals surface area contributed by atoms with Crippen LogP contribution in [-0.2, 0) is 11.2 Å². The monoisotopic (exact) mass is 553 g/mol. The molecule has 1 aliphatic rings. The number of hydrogen-bond acceptors (Lipinski definition) is 5. The van der Waals surface area contributed by atoms with E-state index in [-0.39, 0.29) is 5.91 Å². The number of aryl methyl sites for hydroxylation is 1. The van der Waals surface area contributed by atoms with Crippen molar-refractivity contribution in [3.63, 3.8) is 0 Å². The molecule has 5 rings (SSSR count). The van der Waals surface area contributed by atoms with Gasteiger partial charge in [0.2, 0.25) is 0 Å². The Bertz CT molecular complexity index is 1500. The lowest BCUT2D eigenvalue weighted by atomic mass is 10.0. The summed E-state index contributed by atoms with van der Waals surface area (Å²) in [7, 11) is 0. The van der Waals surface area contributed by atoms with E-state index < -0.39 is 0 Å². The third-order valence-corrected chi connectivity index (χ3v) is 7.97. The zero-order chi connectivity index (χ0) is 27.2. The summed E-state index contributed by atoms with van der Waals surface area (Å²) < 4.78 is 8.41. The minimum Gasteiger partial charge on any atom is -0.493 e. The summed E-state index contributed by atoms with van der Waals surface area (Å²) in [6, 6.07) is 26.3. The lowest BCUT2D eigenvalue weighted by molar-refractivity contribution is -0.122. The molecule has 0 bridgehead atoms. The first-order chi connectivity index (χ1) is 19.0. The van der Waals surface area contributed by atoms with Gasteiger partial charge in [-0.2, -0.15) is 5.10 Å². The molecule has 1 aliphatic heterocycles. The average Bonchev–Trinajstić information content (AvgIpc) is 3.49. The molecule has 5 nitrogen and oxygen atoms in total. The molecule has 3 aromatic carbocycles. The molecule has 7 heteroatoms. The summed E-state index contributed by atoms with van der Waals surface area (Å²) in [4.78, 5) is 15.7. The fourth-order valence-corrected chi connectivity index (χ4v) is 5.73. The zero-order valence-corrected chi connectivity index (χ0v) is 23.8. The van der Waals surface area contributed by atoms with Crippen molar-refractivity contribution in [2.45, 2.75) is 33.1 Å². The third-order valence-electron chi connectivity index (χ3n) is 6.59. The van der Waals surface area contributed by atoms with Gasteiger partial charge in [-0.1, -0.05) is 85.9 Å². The first kappa shape index (κ1) is 26.9. The highest BCUT2D eigenvalue weighted by Crippen LogP contribution is 2.36. The second-order valence-corrected chi connectivity index (χ2v) is 11.1. The van der Waals surface area contributed by atoms with E-state index in [0.717, 1.165) is 53.1 Å².